The molecule has 0 aromatic carbocycles. The number of aliphatic hydroxyl groups is 2. The zero-order chi connectivity index (χ0) is 51.3. The Kier molecular flexibility index (Phi) is 61.7. The summed E-state index contributed by atoms with van der Waals surface area (Å²) >= 11 is 0. The number of hydrogen-bond acceptors (Lipinski definition) is 3. The van der Waals surface area contributed by atoms with Gasteiger partial charge in [0.2, 0.25) is 5.91 Å². The van der Waals surface area contributed by atoms with Gasteiger partial charge < -0.3 is 15.5 Å². The van der Waals surface area contributed by atoms with Crippen molar-refractivity contribution in [1.29, 1.82) is 0 Å². The van der Waals surface area contributed by atoms with Gasteiger partial charge in [0, 0.05) is 6.42 Å². The fourth-order valence-corrected chi connectivity index (χ4v) is 10.4. The van der Waals surface area contributed by atoms with E-state index in [1.165, 1.54) is 302 Å². The van der Waals surface area contributed by atoms with E-state index in [1.807, 2.05) is 0 Å². The second-order valence-corrected chi connectivity index (χ2v) is 22.5. The minimum Gasteiger partial charge on any atom is -0.394 e. The van der Waals surface area contributed by atoms with Crippen LogP contribution >= 0.6 is 0 Å². The van der Waals surface area contributed by atoms with Gasteiger partial charge >= 0.3 is 0 Å². The molecule has 4 heteroatoms. The average molecular weight is 997 g/mol. The third-order valence-corrected chi connectivity index (χ3v) is 15.4. The van der Waals surface area contributed by atoms with Crippen LogP contribution in [0.4, 0.5) is 0 Å². The van der Waals surface area contributed by atoms with Crippen LogP contribution in [-0.4, -0.2) is 34.9 Å². The third kappa shape index (κ3) is 59.4. The van der Waals surface area contributed by atoms with Crippen LogP contribution < -0.4 is 5.32 Å². The molecule has 0 rings (SSSR count). The molecule has 420 valence electrons. The minimum absolute atomic E-state index is 0.0234. The number of hydrogen-bond donors (Lipinski definition) is 3. The topological polar surface area (TPSA) is 69.6 Å². The fourth-order valence-electron chi connectivity index (χ4n) is 10.4. The summed E-state index contributed by atoms with van der Waals surface area (Å²) in [6.07, 6.45) is 86.1. The molecule has 0 heterocycles. The first kappa shape index (κ1) is 69.6. The first-order valence-corrected chi connectivity index (χ1v) is 32.7. The van der Waals surface area contributed by atoms with Crippen LogP contribution in [0.15, 0.2) is 36.5 Å². The van der Waals surface area contributed by atoms with Crippen molar-refractivity contribution in [3.8, 4) is 0 Å². The summed E-state index contributed by atoms with van der Waals surface area (Å²) in [7, 11) is 0. The highest BCUT2D eigenvalue weighted by atomic mass is 16.3. The standard InChI is InChI=1S/C67H129NO3/c1-3-5-7-9-11-13-15-17-19-21-23-24-25-26-27-28-29-30-31-32-33-34-35-36-37-38-39-40-41-42-43-44-45-47-49-51-53-55-57-59-61-63-67(71)68-65(64-69)66(70)62-60-58-56-54-52-50-48-46-22-20-18-16-14-12-10-8-6-4-2/h15,17,21,23,25-26,65-66,69-70H,3-14,16,18-20,22,24,27-64H2,1-2H3,(H,68,71)/b17-15-,23-21-,26-25-. The number of aliphatic hydroxyl groups excluding tert-OH is 2. The largest absolute Gasteiger partial charge is 0.394 e. The van der Waals surface area contributed by atoms with Gasteiger partial charge in [-0.1, -0.05) is 346 Å². The van der Waals surface area contributed by atoms with Gasteiger partial charge in [-0.15, -0.1) is 0 Å². The molecule has 0 aromatic rings. The Morgan fingerprint density at radius 1 is 0.338 bits per heavy atom. The van der Waals surface area contributed by atoms with Gasteiger partial charge in [0.25, 0.3) is 0 Å². The van der Waals surface area contributed by atoms with E-state index in [9.17, 15) is 15.0 Å². The summed E-state index contributed by atoms with van der Waals surface area (Å²) in [6.45, 7) is 4.38. The number of carbonyl (C=O) groups excluding carboxylic acids is 1. The van der Waals surface area contributed by atoms with Crippen molar-refractivity contribution in [1.82, 2.24) is 5.32 Å². The van der Waals surface area contributed by atoms with Crippen LogP contribution in [0, 0.1) is 0 Å². The van der Waals surface area contributed by atoms with Gasteiger partial charge in [0.1, 0.15) is 0 Å². The lowest BCUT2D eigenvalue weighted by Gasteiger charge is -2.22. The maximum atomic E-state index is 12.5. The molecule has 0 fully saturated rings. The van der Waals surface area contributed by atoms with Crippen molar-refractivity contribution >= 4 is 5.91 Å². The molecule has 2 atom stereocenters. The van der Waals surface area contributed by atoms with Crippen LogP contribution in [0.3, 0.4) is 0 Å². The molecule has 0 aliphatic carbocycles. The molecule has 0 aliphatic heterocycles. The fraction of sp³-hybridized carbons (Fsp3) is 0.896. The van der Waals surface area contributed by atoms with Crippen LogP contribution in [0.25, 0.3) is 0 Å². The Bertz CT molecular complexity index is 1080. The summed E-state index contributed by atoms with van der Waals surface area (Å²) in [5, 5.41) is 23.4. The summed E-state index contributed by atoms with van der Waals surface area (Å²) in [5.41, 5.74) is 0. The van der Waals surface area contributed by atoms with Gasteiger partial charge in [-0.25, -0.2) is 0 Å². The summed E-state index contributed by atoms with van der Waals surface area (Å²) in [5.74, 6) is -0.0234. The monoisotopic (exact) mass is 996 g/mol. The molecule has 0 radical (unpaired) electrons. The molecule has 0 spiro atoms. The number of nitrogens with one attached hydrogen (secondary N) is 1. The molecule has 3 N–H and O–H groups in total. The molecule has 0 saturated carbocycles. The molecule has 71 heavy (non-hydrogen) atoms. The number of rotatable bonds is 61. The van der Waals surface area contributed by atoms with E-state index in [1.54, 1.807) is 0 Å². The van der Waals surface area contributed by atoms with Crippen LogP contribution in [0.2, 0.25) is 0 Å². The molecular formula is C67H129NO3. The van der Waals surface area contributed by atoms with Crippen molar-refractivity contribution in [3.63, 3.8) is 0 Å². The van der Waals surface area contributed by atoms with Gasteiger partial charge in [-0.05, 0) is 51.4 Å². The smallest absolute Gasteiger partial charge is 0.220 e. The van der Waals surface area contributed by atoms with Crippen molar-refractivity contribution in [3.05, 3.63) is 36.5 Å². The Hall–Kier alpha value is -1.39. The van der Waals surface area contributed by atoms with Crippen molar-refractivity contribution in [2.45, 2.75) is 379 Å². The van der Waals surface area contributed by atoms with Gasteiger partial charge in [-0.2, -0.15) is 0 Å². The average Bonchev–Trinajstić information content (AvgIpc) is 3.37. The van der Waals surface area contributed by atoms with Gasteiger partial charge in [-0.3, -0.25) is 4.79 Å². The Balaban J connectivity index is 3.36. The molecule has 0 aliphatic rings. The highest BCUT2D eigenvalue weighted by molar-refractivity contribution is 5.76. The zero-order valence-electron chi connectivity index (χ0n) is 48.5. The Labute approximate surface area is 446 Å². The van der Waals surface area contributed by atoms with E-state index in [4.69, 9.17) is 0 Å². The summed E-state index contributed by atoms with van der Waals surface area (Å²) < 4.78 is 0. The van der Waals surface area contributed by atoms with Crippen LogP contribution in [0.5, 0.6) is 0 Å². The highest BCUT2D eigenvalue weighted by Gasteiger charge is 2.20. The minimum atomic E-state index is -0.657. The van der Waals surface area contributed by atoms with E-state index >= 15 is 0 Å². The van der Waals surface area contributed by atoms with Crippen molar-refractivity contribution in [2.24, 2.45) is 0 Å². The van der Waals surface area contributed by atoms with Gasteiger partial charge in [0.05, 0.1) is 18.8 Å². The second-order valence-electron chi connectivity index (χ2n) is 22.5. The number of unbranched alkanes of at least 4 members (excludes halogenated alkanes) is 48. The third-order valence-electron chi connectivity index (χ3n) is 15.4. The molecular weight excluding hydrogens is 867 g/mol. The Morgan fingerprint density at radius 2 is 0.577 bits per heavy atom. The van der Waals surface area contributed by atoms with E-state index in [2.05, 4.69) is 55.6 Å². The molecule has 0 bridgehead atoms. The first-order valence-electron chi connectivity index (χ1n) is 32.7. The number of allylic oxidation sites excluding steroid dienone is 6. The van der Waals surface area contributed by atoms with E-state index in [0.29, 0.717) is 12.8 Å². The SMILES string of the molecule is CCCCCCC/C=C\C/C=C\C/C=C\CCCCCCCCCCCCCCCCCCCCCCCCCCCCC(=O)NC(CO)C(O)CCCCCCCCCCCCCCCCCCCC. The maximum Gasteiger partial charge on any atom is 0.220 e. The zero-order valence-corrected chi connectivity index (χ0v) is 48.5. The maximum absolute atomic E-state index is 12.5. The summed E-state index contributed by atoms with van der Waals surface area (Å²) in [6, 6.07) is -0.534. The lowest BCUT2D eigenvalue weighted by Crippen LogP contribution is -2.45. The molecule has 4 nitrogen and oxygen atoms in total. The second kappa shape index (κ2) is 62.9. The predicted molar refractivity (Wildman–Crippen MR) is 318 cm³/mol. The summed E-state index contributed by atoms with van der Waals surface area (Å²) in [4.78, 5) is 12.5. The molecule has 2 unspecified atom stereocenters. The quantitative estimate of drug-likeness (QED) is 0.0420. The normalized spacial score (nSPS) is 12.9. The van der Waals surface area contributed by atoms with E-state index in [-0.39, 0.29) is 12.5 Å². The molecule has 1 amide bonds. The van der Waals surface area contributed by atoms with E-state index < -0.39 is 12.1 Å². The first-order chi connectivity index (χ1) is 35.2. The lowest BCUT2D eigenvalue weighted by atomic mass is 10.0. The molecule has 0 aromatic heterocycles. The van der Waals surface area contributed by atoms with Gasteiger partial charge in [0.15, 0.2) is 0 Å². The Morgan fingerprint density at radius 3 is 0.859 bits per heavy atom. The van der Waals surface area contributed by atoms with Crippen LogP contribution in [-0.2, 0) is 4.79 Å². The number of amides is 1. The number of carbonyl (C=O) groups is 1. The van der Waals surface area contributed by atoms with Crippen molar-refractivity contribution < 1.29 is 15.0 Å². The van der Waals surface area contributed by atoms with E-state index in [0.717, 1.165) is 38.5 Å². The predicted octanol–water partition coefficient (Wildman–Crippen LogP) is 22.0. The molecule has 0 saturated heterocycles. The highest BCUT2D eigenvalue weighted by Crippen LogP contribution is 2.19. The van der Waals surface area contributed by atoms with Crippen molar-refractivity contribution in [2.75, 3.05) is 6.61 Å². The van der Waals surface area contributed by atoms with Crippen LogP contribution in [0.1, 0.15) is 367 Å². The lowest BCUT2D eigenvalue weighted by molar-refractivity contribution is -0.123.